The molecule has 1 N–H and O–H groups in total. The largest absolute Gasteiger partial charge is 0.365 e. The van der Waals surface area contributed by atoms with Crippen LogP contribution in [0.1, 0.15) is 20.8 Å². The van der Waals surface area contributed by atoms with Crippen molar-refractivity contribution in [3.05, 3.63) is 27.7 Å². The Morgan fingerprint density at radius 3 is 2.82 bits per heavy atom. The second-order valence-corrected chi connectivity index (χ2v) is 6.66. The summed E-state index contributed by atoms with van der Waals surface area (Å²) in [4.78, 5) is 2.38. The predicted octanol–water partition coefficient (Wildman–Crippen LogP) is 3.68. The van der Waals surface area contributed by atoms with Crippen molar-refractivity contribution >= 4 is 33.2 Å². The highest BCUT2D eigenvalue weighted by atomic mass is 79.9. The molecule has 1 saturated heterocycles. The van der Waals surface area contributed by atoms with E-state index >= 15 is 0 Å². The lowest BCUT2D eigenvalue weighted by atomic mass is 9.98. The average Bonchev–Trinajstić information content (AvgIpc) is 2.22. The van der Waals surface area contributed by atoms with Crippen LogP contribution in [0.5, 0.6) is 0 Å². The highest BCUT2D eigenvalue weighted by molar-refractivity contribution is 9.10. The number of rotatable bonds is 1. The van der Waals surface area contributed by atoms with Crippen LogP contribution < -0.4 is 10.2 Å². The number of anilines is 1. The average molecular weight is 318 g/mol. The minimum atomic E-state index is 0.128. The van der Waals surface area contributed by atoms with Crippen molar-refractivity contribution in [1.29, 1.82) is 0 Å². The highest BCUT2D eigenvalue weighted by Crippen LogP contribution is 2.32. The normalized spacial score (nSPS) is 23.8. The van der Waals surface area contributed by atoms with E-state index in [2.05, 4.69) is 53.0 Å². The number of hydrogen-bond donors (Lipinski definition) is 1. The molecular weight excluding hydrogens is 300 g/mol. The Balaban J connectivity index is 2.31. The summed E-state index contributed by atoms with van der Waals surface area (Å²) in [5.74, 6) is 0. The van der Waals surface area contributed by atoms with Gasteiger partial charge in [-0.05, 0) is 39.0 Å². The monoisotopic (exact) mass is 316 g/mol. The predicted molar refractivity (Wildman–Crippen MR) is 78.0 cm³/mol. The lowest BCUT2D eigenvalue weighted by molar-refractivity contribution is 0.318. The van der Waals surface area contributed by atoms with E-state index in [0.29, 0.717) is 6.04 Å². The van der Waals surface area contributed by atoms with E-state index in [1.165, 1.54) is 0 Å². The highest BCUT2D eigenvalue weighted by Gasteiger charge is 2.31. The van der Waals surface area contributed by atoms with Crippen LogP contribution in [0.15, 0.2) is 22.7 Å². The van der Waals surface area contributed by atoms with Crippen molar-refractivity contribution in [3.8, 4) is 0 Å². The van der Waals surface area contributed by atoms with Crippen molar-refractivity contribution in [2.45, 2.75) is 32.4 Å². The fourth-order valence-electron chi connectivity index (χ4n) is 2.21. The van der Waals surface area contributed by atoms with Crippen LogP contribution >= 0.6 is 27.5 Å². The Labute approximate surface area is 116 Å². The quantitative estimate of drug-likeness (QED) is 0.850. The molecule has 1 heterocycles. The van der Waals surface area contributed by atoms with Crippen LogP contribution in [0.3, 0.4) is 0 Å². The van der Waals surface area contributed by atoms with E-state index in [4.69, 9.17) is 11.6 Å². The summed E-state index contributed by atoms with van der Waals surface area (Å²) in [5.41, 5.74) is 1.25. The molecule has 1 aromatic rings. The molecule has 94 valence electrons. The third-order valence-corrected chi connectivity index (χ3v) is 3.99. The number of nitrogens with one attached hydrogen (secondary N) is 1. The molecule has 0 saturated carbocycles. The van der Waals surface area contributed by atoms with Crippen molar-refractivity contribution < 1.29 is 0 Å². The minimum Gasteiger partial charge on any atom is -0.365 e. The summed E-state index contributed by atoms with van der Waals surface area (Å²) >= 11 is 9.77. The van der Waals surface area contributed by atoms with Gasteiger partial charge in [-0.3, -0.25) is 0 Å². The van der Waals surface area contributed by atoms with Crippen LogP contribution in [0, 0.1) is 0 Å². The number of piperazine rings is 1. The lowest BCUT2D eigenvalue weighted by Crippen LogP contribution is -2.61. The van der Waals surface area contributed by atoms with E-state index in [9.17, 15) is 0 Å². The van der Waals surface area contributed by atoms with Gasteiger partial charge in [0.15, 0.2) is 0 Å². The minimum absolute atomic E-state index is 0.128. The molecule has 4 heteroatoms. The van der Waals surface area contributed by atoms with E-state index in [0.717, 1.165) is 28.3 Å². The molecule has 0 spiro atoms. The first-order valence-corrected chi connectivity index (χ1v) is 7.03. The van der Waals surface area contributed by atoms with Gasteiger partial charge in [-0.2, -0.15) is 0 Å². The van der Waals surface area contributed by atoms with Crippen molar-refractivity contribution in [2.75, 3.05) is 18.0 Å². The molecule has 1 aliphatic rings. The maximum Gasteiger partial charge on any atom is 0.0650 e. The van der Waals surface area contributed by atoms with Crippen molar-refractivity contribution in [1.82, 2.24) is 5.32 Å². The smallest absolute Gasteiger partial charge is 0.0650 e. The third kappa shape index (κ3) is 2.95. The molecule has 2 nitrogen and oxygen atoms in total. The summed E-state index contributed by atoms with van der Waals surface area (Å²) in [7, 11) is 0. The molecule has 0 radical (unpaired) electrons. The standard InChI is InChI=1S/C13H18BrClN2/c1-9-7-16-13(2,3)8-17(9)12-5-4-10(14)6-11(12)15/h4-6,9,16H,7-8H2,1-3H3. The first-order valence-electron chi connectivity index (χ1n) is 5.86. The van der Waals surface area contributed by atoms with Gasteiger partial charge in [0.1, 0.15) is 0 Å². The van der Waals surface area contributed by atoms with Crippen LogP contribution in [0.25, 0.3) is 0 Å². The van der Waals surface area contributed by atoms with E-state index in [-0.39, 0.29) is 5.54 Å². The fraction of sp³-hybridized carbons (Fsp3) is 0.538. The van der Waals surface area contributed by atoms with Crippen LogP contribution in [-0.2, 0) is 0 Å². The van der Waals surface area contributed by atoms with Gasteiger partial charge in [0.05, 0.1) is 10.7 Å². The Bertz CT molecular complexity index is 420. The molecule has 17 heavy (non-hydrogen) atoms. The summed E-state index contributed by atoms with van der Waals surface area (Å²) in [6.45, 7) is 8.62. The maximum absolute atomic E-state index is 6.33. The first kappa shape index (κ1) is 13.2. The van der Waals surface area contributed by atoms with Crippen LogP contribution in [0.2, 0.25) is 5.02 Å². The zero-order valence-corrected chi connectivity index (χ0v) is 12.8. The van der Waals surface area contributed by atoms with Gasteiger partial charge >= 0.3 is 0 Å². The second-order valence-electron chi connectivity index (χ2n) is 5.34. The van der Waals surface area contributed by atoms with E-state index in [1.54, 1.807) is 0 Å². The lowest BCUT2D eigenvalue weighted by Gasteiger charge is -2.45. The van der Waals surface area contributed by atoms with Gasteiger partial charge in [0.25, 0.3) is 0 Å². The van der Waals surface area contributed by atoms with E-state index < -0.39 is 0 Å². The molecule has 2 rings (SSSR count). The third-order valence-electron chi connectivity index (χ3n) is 3.19. The van der Waals surface area contributed by atoms with Crippen LogP contribution in [0.4, 0.5) is 5.69 Å². The van der Waals surface area contributed by atoms with Crippen LogP contribution in [-0.4, -0.2) is 24.7 Å². The summed E-state index contributed by atoms with van der Waals surface area (Å²) in [6, 6.07) is 6.55. The van der Waals surface area contributed by atoms with Gasteiger partial charge in [-0.15, -0.1) is 0 Å². The molecule has 0 amide bonds. The number of hydrogen-bond acceptors (Lipinski definition) is 2. The molecule has 1 fully saturated rings. The zero-order valence-electron chi connectivity index (χ0n) is 10.4. The topological polar surface area (TPSA) is 15.3 Å². The first-order chi connectivity index (χ1) is 7.89. The zero-order chi connectivity index (χ0) is 12.6. The Morgan fingerprint density at radius 1 is 1.47 bits per heavy atom. The summed E-state index contributed by atoms with van der Waals surface area (Å²) < 4.78 is 1.02. The van der Waals surface area contributed by atoms with Crippen molar-refractivity contribution in [2.24, 2.45) is 0 Å². The Kier molecular flexibility index (Phi) is 3.71. The maximum atomic E-state index is 6.33. The number of benzene rings is 1. The second kappa shape index (κ2) is 4.79. The SMILES string of the molecule is CC1CNC(C)(C)CN1c1ccc(Br)cc1Cl. The van der Waals surface area contributed by atoms with Gasteiger partial charge in [-0.1, -0.05) is 27.5 Å². The number of nitrogens with zero attached hydrogens (tertiary/aromatic N) is 1. The summed E-state index contributed by atoms with van der Waals surface area (Å²) in [6.07, 6.45) is 0. The Hall–Kier alpha value is -0.250. The van der Waals surface area contributed by atoms with Gasteiger partial charge in [0, 0.05) is 29.1 Å². The molecule has 0 bridgehead atoms. The fourth-order valence-corrected chi connectivity index (χ4v) is 2.99. The molecular formula is C13H18BrClN2. The molecule has 1 aliphatic heterocycles. The molecule has 0 aromatic heterocycles. The van der Waals surface area contributed by atoms with Crippen molar-refractivity contribution in [3.63, 3.8) is 0 Å². The van der Waals surface area contributed by atoms with Gasteiger partial charge in [0.2, 0.25) is 0 Å². The molecule has 0 aliphatic carbocycles. The summed E-state index contributed by atoms with van der Waals surface area (Å²) in [5, 5.41) is 4.35. The number of halogens is 2. The van der Waals surface area contributed by atoms with Gasteiger partial charge in [-0.25, -0.2) is 0 Å². The van der Waals surface area contributed by atoms with E-state index in [1.807, 2.05) is 12.1 Å². The molecule has 1 atom stereocenters. The Morgan fingerprint density at radius 2 is 2.18 bits per heavy atom. The molecule has 1 unspecified atom stereocenters. The van der Waals surface area contributed by atoms with Gasteiger partial charge < -0.3 is 10.2 Å². The molecule has 1 aromatic carbocycles.